The van der Waals surface area contributed by atoms with Gasteiger partial charge >= 0.3 is 0 Å². The molecule has 9 nitrogen and oxygen atoms in total. The number of aliphatic hydroxyl groups excluding tert-OH is 2. The number of aliphatic hydroxyl groups is 2. The lowest BCUT2D eigenvalue weighted by Gasteiger charge is -2.32. The van der Waals surface area contributed by atoms with Crippen LogP contribution in [0.3, 0.4) is 0 Å². The minimum Gasteiger partial charge on any atom is -0.394 e. The maximum Gasteiger partial charge on any atom is 0.252 e. The third kappa shape index (κ3) is 5.84. The Labute approximate surface area is 192 Å². The number of primary amides is 1. The minimum atomic E-state index is -3.60. The highest BCUT2D eigenvalue weighted by molar-refractivity contribution is 7.91. The van der Waals surface area contributed by atoms with Crippen LogP contribution >= 0.6 is 11.3 Å². The number of piperidine rings is 1. The number of ether oxygens (including phenoxy) is 1. The van der Waals surface area contributed by atoms with Crippen molar-refractivity contribution in [2.75, 3.05) is 33.4 Å². The lowest BCUT2D eigenvalue weighted by molar-refractivity contribution is -0.115. The van der Waals surface area contributed by atoms with Crippen LogP contribution in [-0.4, -0.2) is 79.9 Å². The largest absolute Gasteiger partial charge is 0.394 e. The lowest BCUT2D eigenvalue weighted by Crippen LogP contribution is -2.46. The molecule has 11 heteroatoms. The third-order valence-electron chi connectivity index (χ3n) is 5.92. The standard InChI is InChI=1S/C21H31N3O6S2/c1-30-21(8-2-3-15(11-21)20(22)27)12-18-4-5-19(31-18)32(28,29)24-9-6-16(7-10-24)23-13-17(26)14-25/h2-5,8,16-17,23,25-26H,6-7,9-14H2,1H3,(H2,22,27). The van der Waals surface area contributed by atoms with E-state index in [9.17, 15) is 18.3 Å². The Balaban J connectivity index is 1.63. The van der Waals surface area contributed by atoms with Crippen LogP contribution in [0, 0.1) is 0 Å². The van der Waals surface area contributed by atoms with Crippen LogP contribution in [0.4, 0.5) is 0 Å². The topological polar surface area (TPSA) is 142 Å². The van der Waals surface area contributed by atoms with Crippen LogP contribution < -0.4 is 11.1 Å². The molecule has 0 saturated carbocycles. The van der Waals surface area contributed by atoms with Gasteiger partial charge in [-0.05, 0) is 25.0 Å². The summed E-state index contributed by atoms with van der Waals surface area (Å²) in [5, 5.41) is 21.5. The van der Waals surface area contributed by atoms with Gasteiger partial charge in [0, 0.05) is 56.1 Å². The minimum absolute atomic E-state index is 0.105. The first-order chi connectivity index (χ1) is 15.2. The SMILES string of the molecule is COC1(Cc2ccc(S(=O)(=O)N3CCC(NCC(O)CO)CC3)s2)C=CC=C(C(N)=O)C1. The van der Waals surface area contributed by atoms with Gasteiger partial charge in [-0.3, -0.25) is 4.79 Å². The Morgan fingerprint density at radius 1 is 1.41 bits per heavy atom. The number of hydrogen-bond acceptors (Lipinski definition) is 8. The first-order valence-electron chi connectivity index (χ1n) is 10.5. The van der Waals surface area contributed by atoms with Crippen LogP contribution in [0.15, 0.2) is 40.1 Å². The number of carbonyl (C=O) groups excluding carboxylic acids is 1. The van der Waals surface area contributed by atoms with E-state index in [1.807, 2.05) is 6.08 Å². The zero-order valence-electron chi connectivity index (χ0n) is 18.1. The molecule has 1 saturated heterocycles. The highest BCUT2D eigenvalue weighted by Gasteiger charge is 2.34. The van der Waals surface area contributed by atoms with Gasteiger partial charge in [0.05, 0.1) is 18.3 Å². The van der Waals surface area contributed by atoms with Gasteiger partial charge in [0.1, 0.15) is 4.21 Å². The van der Waals surface area contributed by atoms with Gasteiger partial charge in [-0.2, -0.15) is 4.31 Å². The molecule has 0 spiro atoms. The number of thiophene rings is 1. The van der Waals surface area contributed by atoms with E-state index in [1.54, 1.807) is 31.4 Å². The van der Waals surface area contributed by atoms with Crippen molar-refractivity contribution in [3.8, 4) is 0 Å². The van der Waals surface area contributed by atoms with E-state index in [-0.39, 0.29) is 23.4 Å². The number of rotatable bonds is 10. The fourth-order valence-electron chi connectivity index (χ4n) is 3.96. The van der Waals surface area contributed by atoms with E-state index in [2.05, 4.69) is 5.32 Å². The summed E-state index contributed by atoms with van der Waals surface area (Å²) in [5.74, 6) is -0.492. The summed E-state index contributed by atoms with van der Waals surface area (Å²) in [6.45, 7) is 0.756. The van der Waals surface area contributed by atoms with Crippen LogP contribution in [0.2, 0.25) is 0 Å². The van der Waals surface area contributed by atoms with Crippen molar-refractivity contribution in [2.24, 2.45) is 5.73 Å². The Bertz CT molecular complexity index is 966. The van der Waals surface area contributed by atoms with Crippen molar-refractivity contribution >= 4 is 27.3 Å². The summed E-state index contributed by atoms with van der Waals surface area (Å²) < 4.78 is 33.7. The van der Waals surface area contributed by atoms with Crippen molar-refractivity contribution < 1.29 is 28.2 Å². The highest BCUT2D eigenvalue weighted by Crippen LogP contribution is 2.34. The zero-order chi connectivity index (χ0) is 23.4. The van der Waals surface area contributed by atoms with Gasteiger partial charge < -0.3 is 26.0 Å². The van der Waals surface area contributed by atoms with Crippen molar-refractivity contribution in [2.45, 2.75) is 47.6 Å². The first kappa shape index (κ1) is 25.0. The molecule has 1 aliphatic heterocycles. The van der Waals surface area contributed by atoms with Crippen molar-refractivity contribution in [1.82, 2.24) is 9.62 Å². The Morgan fingerprint density at radius 3 is 2.75 bits per heavy atom. The molecule has 2 atom stereocenters. The molecule has 0 radical (unpaired) electrons. The lowest BCUT2D eigenvalue weighted by atomic mass is 9.86. The molecule has 32 heavy (non-hydrogen) atoms. The number of sulfonamides is 1. The monoisotopic (exact) mass is 485 g/mol. The van der Waals surface area contributed by atoms with E-state index < -0.39 is 27.6 Å². The van der Waals surface area contributed by atoms with Gasteiger partial charge in [-0.1, -0.05) is 18.2 Å². The van der Waals surface area contributed by atoms with Gasteiger partial charge in [0.15, 0.2) is 0 Å². The van der Waals surface area contributed by atoms with Crippen LogP contribution in [0.25, 0.3) is 0 Å². The van der Waals surface area contributed by atoms with Gasteiger partial charge in [-0.25, -0.2) is 8.42 Å². The second kappa shape index (κ2) is 10.6. The molecule has 0 aromatic carbocycles. The molecule has 2 aliphatic rings. The van der Waals surface area contributed by atoms with E-state index in [1.165, 1.54) is 15.6 Å². The maximum absolute atomic E-state index is 13.1. The van der Waals surface area contributed by atoms with Gasteiger partial charge in [-0.15, -0.1) is 11.3 Å². The number of hydrogen-bond donors (Lipinski definition) is 4. The van der Waals surface area contributed by atoms with Gasteiger partial charge in [0.25, 0.3) is 10.0 Å². The summed E-state index contributed by atoms with van der Waals surface area (Å²) in [7, 11) is -2.03. The Kier molecular flexibility index (Phi) is 8.26. The normalized spacial score (nSPS) is 23.8. The van der Waals surface area contributed by atoms with E-state index in [0.29, 0.717) is 44.3 Å². The van der Waals surface area contributed by atoms with E-state index >= 15 is 0 Å². The molecule has 0 bridgehead atoms. The highest BCUT2D eigenvalue weighted by atomic mass is 32.2. The molecule has 1 fully saturated rings. The molecule has 1 aromatic heterocycles. The second-order valence-corrected chi connectivity index (χ2v) is 11.5. The average Bonchev–Trinajstić information content (AvgIpc) is 3.27. The molecule has 178 valence electrons. The van der Waals surface area contributed by atoms with Crippen LogP contribution in [0.1, 0.15) is 24.1 Å². The summed E-state index contributed by atoms with van der Waals surface area (Å²) in [6, 6.07) is 3.52. The van der Waals surface area contributed by atoms with Gasteiger partial charge in [0.2, 0.25) is 5.91 Å². The molecule has 5 N–H and O–H groups in total. The van der Waals surface area contributed by atoms with Crippen molar-refractivity contribution in [3.63, 3.8) is 0 Å². The quantitative estimate of drug-likeness (QED) is 0.369. The zero-order valence-corrected chi connectivity index (χ0v) is 19.7. The average molecular weight is 486 g/mol. The third-order valence-corrected chi connectivity index (χ3v) is 9.37. The number of methoxy groups -OCH3 is 1. The number of nitrogens with two attached hydrogens (primary N) is 1. The Morgan fingerprint density at radius 2 is 2.12 bits per heavy atom. The number of carbonyl (C=O) groups is 1. The number of nitrogens with zero attached hydrogens (tertiary/aromatic N) is 1. The number of amides is 1. The van der Waals surface area contributed by atoms with E-state index in [4.69, 9.17) is 15.6 Å². The molecule has 3 rings (SSSR count). The Hall–Kier alpha value is -1.60. The van der Waals surface area contributed by atoms with Crippen LogP contribution in [0.5, 0.6) is 0 Å². The predicted octanol–water partition coefficient (Wildman–Crippen LogP) is 0.143. The summed E-state index contributed by atoms with van der Waals surface area (Å²) >= 11 is 1.21. The first-order valence-corrected chi connectivity index (χ1v) is 12.8. The fraction of sp³-hybridized carbons (Fsp3) is 0.571. The van der Waals surface area contributed by atoms with Crippen molar-refractivity contribution in [1.29, 1.82) is 0 Å². The molecule has 1 aromatic rings. The molecule has 2 heterocycles. The number of nitrogens with one attached hydrogen (secondary N) is 1. The molecule has 1 aliphatic carbocycles. The maximum atomic E-state index is 13.1. The fourth-order valence-corrected chi connectivity index (χ4v) is 7.06. The van der Waals surface area contributed by atoms with Crippen molar-refractivity contribution in [3.05, 3.63) is 40.8 Å². The predicted molar refractivity (Wildman–Crippen MR) is 122 cm³/mol. The molecule has 2 unspecified atom stereocenters. The second-order valence-electron chi connectivity index (χ2n) is 8.18. The summed E-state index contributed by atoms with van der Waals surface area (Å²) in [4.78, 5) is 12.4. The summed E-state index contributed by atoms with van der Waals surface area (Å²) in [6.07, 6.45) is 6.52. The van der Waals surface area contributed by atoms with Crippen LogP contribution in [-0.2, 0) is 26.0 Å². The molecule has 1 amide bonds. The molecular formula is C21H31N3O6S2. The van der Waals surface area contributed by atoms with E-state index in [0.717, 1.165) is 4.88 Å². The number of allylic oxidation sites excluding steroid dienone is 2. The smallest absolute Gasteiger partial charge is 0.252 e. The summed E-state index contributed by atoms with van der Waals surface area (Å²) in [5.41, 5.74) is 5.16. The molecular weight excluding hydrogens is 454 g/mol.